The van der Waals surface area contributed by atoms with E-state index in [1.807, 2.05) is 29.2 Å². The molecule has 0 radical (unpaired) electrons. The average Bonchev–Trinajstić information content (AvgIpc) is 3.07. The molecule has 2 aromatic heterocycles. The highest BCUT2D eigenvalue weighted by Crippen LogP contribution is 2.22. The summed E-state index contributed by atoms with van der Waals surface area (Å²) in [7, 11) is 0. The van der Waals surface area contributed by atoms with Crippen LogP contribution >= 0.6 is 0 Å². The molecule has 128 valence electrons. The van der Waals surface area contributed by atoms with Crippen molar-refractivity contribution in [3.8, 4) is 0 Å². The average molecular weight is 335 g/mol. The van der Waals surface area contributed by atoms with Crippen LogP contribution in [0, 0.1) is 0 Å². The molecule has 3 aromatic rings. The Morgan fingerprint density at radius 3 is 2.48 bits per heavy atom. The number of anilines is 1. The van der Waals surface area contributed by atoms with Crippen LogP contribution in [0.5, 0.6) is 0 Å². The van der Waals surface area contributed by atoms with Crippen molar-refractivity contribution in [2.75, 3.05) is 31.1 Å². The molecular formula is C19H21N5O. The lowest BCUT2D eigenvalue weighted by atomic mass is 10.2. The minimum absolute atomic E-state index is 0.103. The summed E-state index contributed by atoms with van der Waals surface area (Å²) in [5, 5.41) is 1.11. The Kier molecular flexibility index (Phi) is 4.09. The van der Waals surface area contributed by atoms with E-state index in [2.05, 4.69) is 38.5 Å². The van der Waals surface area contributed by atoms with Crippen molar-refractivity contribution in [1.82, 2.24) is 19.4 Å². The zero-order valence-electron chi connectivity index (χ0n) is 14.3. The highest BCUT2D eigenvalue weighted by Gasteiger charge is 2.25. The number of aromatic nitrogens is 3. The van der Waals surface area contributed by atoms with Crippen LogP contribution in [0.3, 0.4) is 0 Å². The van der Waals surface area contributed by atoms with Gasteiger partial charge in [-0.3, -0.25) is 4.79 Å². The fraction of sp³-hybridized carbons (Fsp3) is 0.316. The van der Waals surface area contributed by atoms with Gasteiger partial charge in [-0.15, -0.1) is 0 Å². The summed E-state index contributed by atoms with van der Waals surface area (Å²) in [6, 6.07) is 12.0. The maximum Gasteiger partial charge on any atom is 0.270 e. The number of benzene rings is 1. The third-order valence-corrected chi connectivity index (χ3v) is 4.75. The van der Waals surface area contributed by atoms with Gasteiger partial charge in [0.15, 0.2) is 0 Å². The molecule has 0 spiro atoms. The fourth-order valence-electron chi connectivity index (χ4n) is 3.45. The Labute approximate surface area is 146 Å². The van der Waals surface area contributed by atoms with Crippen LogP contribution in [0.25, 0.3) is 10.9 Å². The first-order chi connectivity index (χ1) is 12.3. The third kappa shape index (κ3) is 2.84. The fourth-order valence-corrected chi connectivity index (χ4v) is 3.45. The van der Waals surface area contributed by atoms with Crippen LogP contribution in [0.4, 0.5) is 5.95 Å². The first-order valence-electron chi connectivity index (χ1n) is 8.67. The van der Waals surface area contributed by atoms with Gasteiger partial charge in [0.2, 0.25) is 5.95 Å². The van der Waals surface area contributed by atoms with Gasteiger partial charge in [0, 0.05) is 56.0 Å². The predicted octanol–water partition coefficient (Wildman–Crippen LogP) is 2.41. The molecule has 1 aromatic carbocycles. The minimum atomic E-state index is 0.103. The van der Waals surface area contributed by atoms with Gasteiger partial charge < -0.3 is 14.4 Å². The SMILES string of the molecule is CCn1c(C(=O)N2CCN(c3ncccn3)CC2)cc2ccccc21. The standard InChI is InChI=1S/C19H21N5O/c1-2-24-16-7-4-3-6-15(16)14-17(24)18(25)22-10-12-23(13-11-22)19-20-8-5-9-21-19/h3-9,14H,2,10-13H2,1H3. The molecule has 0 bridgehead atoms. The van der Waals surface area contributed by atoms with Crippen molar-refractivity contribution in [3.05, 3.63) is 54.5 Å². The van der Waals surface area contributed by atoms with Gasteiger partial charge in [0.25, 0.3) is 5.91 Å². The molecule has 1 aliphatic heterocycles. The zero-order valence-corrected chi connectivity index (χ0v) is 14.3. The number of carbonyl (C=O) groups is 1. The van der Waals surface area contributed by atoms with E-state index >= 15 is 0 Å². The van der Waals surface area contributed by atoms with Crippen LogP contribution in [0.1, 0.15) is 17.4 Å². The van der Waals surface area contributed by atoms with E-state index in [9.17, 15) is 4.79 Å². The maximum atomic E-state index is 13.0. The minimum Gasteiger partial charge on any atom is -0.337 e. The Balaban J connectivity index is 1.53. The van der Waals surface area contributed by atoms with Crippen LogP contribution in [0.15, 0.2) is 48.8 Å². The van der Waals surface area contributed by atoms with Crippen molar-refractivity contribution in [2.24, 2.45) is 0 Å². The van der Waals surface area contributed by atoms with Crippen LogP contribution in [-0.4, -0.2) is 51.5 Å². The summed E-state index contributed by atoms with van der Waals surface area (Å²) in [6.45, 7) is 5.73. The number of carbonyl (C=O) groups excluding carboxylic acids is 1. The number of hydrogen-bond donors (Lipinski definition) is 0. The van der Waals surface area contributed by atoms with E-state index < -0.39 is 0 Å². The second-order valence-electron chi connectivity index (χ2n) is 6.16. The van der Waals surface area contributed by atoms with Gasteiger partial charge in [0.05, 0.1) is 0 Å². The number of nitrogens with zero attached hydrogens (tertiary/aromatic N) is 5. The van der Waals surface area contributed by atoms with Crippen molar-refractivity contribution >= 4 is 22.8 Å². The molecule has 0 N–H and O–H groups in total. The molecule has 1 saturated heterocycles. The molecule has 25 heavy (non-hydrogen) atoms. The Hall–Kier alpha value is -2.89. The van der Waals surface area contributed by atoms with Crippen molar-refractivity contribution < 1.29 is 4.79 Å². The second-order valence-corrected chi connectivity index (χ2v) is 6.16. The van der Waals surface area contributed by atoms with Gasteiger partial charge in [-0.2, -0.15) is 0 Å². The van der Waals surface area contributed by atoms with Gasteiger partial charge >= 0.3 is 0 Å². The lowest BCUT2D eigenvalue weighted by Crippen LogP contribution is -2.49. The van der Waals surface area contributed by atoms with E-state index in [-0.39, 0.29) is 5.91 Å². The van der Waals surface area contributed by atoms with Crippen molar-refractivity contribution in [3.63, 3.8) is 0 Å². The number of amides is 1. The summed E-state index contributed by atoms with van der Waals surface area (Å²) >= 11 is 0. The molecule has 0 aliphatic carbocycles. The number of rotatable bonds is 3. The largest absolute Gasteiger partial charge is 0.337 e. The lowest BCUT2D eigenvalue weighted by molar-refractivity contribution is 0.0736. The first-order valence-corrected chi connectivity index (χ1v) is 8.67. The van der Waals surface area contributed by atoms with E-state index in [0.29, 0.717) is 13.1 Å². The molecular weight excluding hydrogens is 314 g/mol. The molecule has 6 nitrogen and oxygen atoms in total. The molecule has 0 unspecified atom stereocenters. The Morgan fingerprint density at radius 2 is 1.76 bits per heavy atom. The summed E-state index contributed by atoms with van der Waals surface area (Å²) in [4.78, 5) is 25.7. The number of aryl methyl sites for hydroxylation is 1. The van der Waals surface area contributed by atoms with Crippen LogP contribution < -0.4 is 4.90 Å². The Morgan fingerprint density at radius 1 is 1.04 bits per heavy atom. The Bertz CT molecular complexity index is 881. The van der Waals surface area contributed by atoms with Crippen molar-refractivity contribution in [1.29, 1.82) is 0 Å². The third-order valence-electron chi connectivity index (χ3n) is 4.75. The smallest absolute Gasteiger partial charge is 0.270 e. The van der Waals surface area contributed by atoms with E-state index in [4.69, 9.17) is 0 Å². The van der Waals surface area contributed by atoms with E-state index in [1.54, 1.807) is 12.4 Å². The summed E-state index contributed by atoms with van der Waals surface area (Å²) in [5.74, 6) is 0.837. The molecule has 0 saturated carbocycles. The van der Waals surface area contributed by atoms with E-state index in [0.717, 1.165) is 42.2 Å². The second kappa shape index (κ2) is 6.55. The van der Waals surface area contributed by atoms with Crippen molar-refractivity contribution in [2.45, 2.75) is 13.5 Å². The van der Waals surface area contributed by atoms with Gasteiger partial charge in [-0.25, -0.2) is 9.97 Å². The van der Waals surface area contributed by atoms with Gasteiger partial charge in [0.1, 0.15) is 5.69 Å². The number of fused-ring (bicyclic) bond motifs is 1. The summed E-state index contributed by atoms with van der Waals surface area (Å²) in [6.07, 6.45) is 3.50. The van der Waals surface area contributed by atoms with Crippen LogP contribution in [0.2, 0.25) is 0 Å². The molecule has 1 fully saturated rings. The quantitative estimate of drug-likeness (QED) is 0.738. The highest BCUT2D eigenvalue weighted by molar-refractivity contribution is 5.98. The van der Waals surface area contributed by atoms with Crippen LogP contribution in [-0.2, 0) is 6.54 Å². The normalized spacial score (nSPS) is 14.9. The van der Waals surface area contributed by atoms with Gasteiger partial charge in [-0.05, 0) is 25.1 Å². The monoisotopic (exact) mass is 335 g/mol. The topological polar surface area (TPSA) is 54.3 Å². The van der Waals surface area contributed by atoms with Gasteiger partial charge in [-0.1, -0.05) is 18.2 Å². The summed E-state index contributed by atoms with van der Waals surface area (Å²) in [5.41, 5.74) is 1.89. The maximum absolute atomic E-state index is 13.0. The summed E-state index contributed by atoms with van der Waals surface area (Å²) < 4.78 is 2.10. The molecule has 1 aliphatic rings. The molecule has 3 heterocycles. The first kappa shape index (κ1) is 15.6. The number of piperazine rings is 1. The number of para-hydroxylation sites is 1. The molecule has 4 rings (SSSR count). The predicted molar refractivity (Wildman–Crippen MR) is 97.8 cm³/mol. The van der Waals surface area contributed by atoms with E-state index in [1.165, 1.54) is 0 Å². The number of hydrogen-bond acceptors (Lipinski definition) is 4. The lowest BCUT2D eigenvalue weighted by Gasteiger charge is -2.34. The molecule has 0 atom stereocenters. The highest BCUT2D eigenvalue weighted by atomic mass is 16.2. The zero-order chi connectivity index (χ0) is 17.2. The molecule has 1 amide bonds. The molecule has 6 heteroatoms.